The van der Waals surface area contributed by atoms with Crippen LogP contribution < -0.4 is 5.32 Å². The van der Waals surface area contributed by atoms with Crippen LogP contribution >= 0.6 is 23.1 Å². The van der Waals surface area contributed by atoms with Gasteiger partial charge in [-0.2, -0.15) is 0 Å². The SMILES string of the molecule is CCn1c(CSc2nnc(NC(=O)CN3CCN(C)CC3)s2)nc2ccccc21. The summed E-state index contributed by atoms with van der Waals surface area (Å²) in [5.74, 6) is 1.71. The first-order valence-corrected chi connectivity index (χ1v) is 11.5. The van der Waals surface area contributed by atoms with Crippen LogP contribution in [0.25, 0.3) is 11.0 Å². The third-order valence-corrected chi connectivity index (χ3v) is 6.96. The molecule has 4 rings (SSSR count). The Morgan fingerprint density at radius 1 is 1.21 bits per heavy atom. The lowest BCUT2D eigenvalue weighted by atomic mass is 10.3. The van der Waals surface area contributed by atoms with Gasteiger partial charge in [0.1, 0.15) is 5.82 Å². The average Bonchev–Trinajstić information content (AvgIpc) is 3.31. The summed E-state index contributed by atoms with van der Waals surface area (Å²) in [5.41, 5.74) is 2.17. The molecule has 3 heterocycles. The van der Waals surface area contributed by atoms with Crippen molar-refractivity contribution in [2.45, 2.75) is 23.6 Å². The number of piperazine rings is 1. The van der Waals surface area contributed by atoms with E-state index < -0.39 is 0 Å². The Morgan fingerprint density at radius 2 is 2.00 bits per heavy atom. The number of hydrogen-bond acceptors (Lipinski definition) is 8. The van der Waals surface area contributed by atoms with Gasteiger partial charge in [0.05, 0.1) is 23.3 Å². The van der Waals surface area contributed by atoms with Crippen LogP contribution in [0.1, 0.15) is 12.7 Å². The number of nitrogens with one attached hydrogen (secondary N) is 1. The molecule has 0 atom stereocenters. The number of benzene rings is 1. The molecule has 3 aromatic rings. The van der Waals surface area contributed by atoms with E-state index in [1.807, 2.05) is 18.2 Å². The molecule has 0 spiro atoms. The largest absolute Gasteiger partial charge is 0.328 e. The van der Waals surface area contributed by atoms with Gasteiger partial charge in [-0.05, 0) is 26.1 Å². The topological polar surface area (TPSA) is 79.2 Å². The monoisotopic (exact) mass is 431 g/mol. The highest BCUT2D eigenvalue weighted by atomic mass is 32.2. The van der Waals surface area contributed by atoms with Gasteiger partial charge in [-0.1, -0.05) is 35.2 Å². The molecule has 29 heavy (non-hydrogen) atoms. The number of rotatable bonds is 7. The lowest BCUT2D eigenvalue weighted by Crippen LogP contribution is -2.47. The Morgan fingerprint density at radius 3 is 2.79 bits per heavy atom. The third kappa shape index (κ3) is 4.95. The number of aromatic nitrogens is 4. The van der Waals surface area contributed by atoms with Gasteiger partial charge in [0.25, 0.3) is 0 Å². The smallest absolute Gasteiger partial charge is 0.240 e. The van der Waals surface area contributed by atoms with Gasteiger partial charge in [0, 0.05) is 32.7 Å². The maximum Gasteiger partial charge on any atom is 0.240 e. The molecule has 0 radical (unpaired) electrons. The zero-order chi connectivity index (χ0) is 20.2. The van der Waals surface area contributed by atoms with E-state index in [9.17, 15) is 4.79 Å². The van der Waals surface area contributed by atoms with Gasteiger partial charge in [-0.3, -0.25) is 15.0 Å². The second-order valence-electron chi connectivity index (χ2n) is 7.05. The van der Waals surface area contributed by atoms with E-state index in [4.69, 9.17) is 4.98 Å². The first kappa shape index (κ1) is 20.3. The van der Waals surface area contributed by atoms with Gasteiger partial charge in [0.2, 0.25) is 11.0 Å². The molecule has 0 unspecified atom stereocenters. The molecule has 0 bridgehead atoms. The maximum atomic E-state index is 12.3. The minimum Gasteiger partial charge on any atom is -0.328 e. The summed E-state index contributed by atoms with van der Waals surface area (Å²) in [6, 6.07) is 8.18. The Hall–Kier alpha value is -2.01. The van der Waals surface area contributed by atoms with Crippen molar-refractivity contribution in [3.05, 3.63) is 30.1 Å². The van der Waals surface area contributed by atoms with Crippen molar-refractivity contribution in [2.24, 2.45) is 0 Å². The average molecular weight is 432 g/mol. The van der Waals surface area contributed by atoms with E-state index in [0.717, 1.165) is 53.9 Å². The lowest BCUT2D eigenvalue weighted by molar-refractivity contribution is -0.117. The van der Waals surface area contributed by atoms with Crippen molar-refractivity contribution in [1.82, 2.24) is 29.5 Å². The van der Waals surface area contributed by atoms with Crippen molar-refractivity contribution < 1.29 is 4.79 Å². The molecule has 1 fully saturated rings. The number of thioether (sulfide) groups is 1. The lowest BCUT2D eigenvalue weighted by Gasteiger charge is -2.31. The van der Waals surface area contributed by atoms with E-state index in [2.05, 4.69) is 49.9 Å². The molecular formula is C19H25N7OS2. The minimum atomic E-state index is -0.0324. The Labute approximate surface area is 178 Å². The summed E-state index contributed by atoms with van der Waals surface area (Å²) in [6.45, 7) is 7.22. The van der Waals surface area contributed by atoms with Gasteiger partial charge in [-0.15, -0.1) is 10.2 Å². The number of hydrogen-bond donors (Lipinski definition) is 1. The predicted molar refractivity (Wildman–Crippen MR) is 117 cm³/mol. The molecule has 1 N–H and O–H groups in total. The van der Waals surface area contributed by atoms with Gasteiger partial charge in [-0.25, -0.2) is 4.98 Å². The highest BCUT2D eigenvalue weighted by Crippen LogP contribution is 2.29. The van der Waals surface area contributed by atoms with Crippen molar-refractivity contribution in [1.29, 1.82) is 0 Å². The summed E-state index contributed by atoms with van der Waals surface area (Å²) in [6.07, 6.45) is 0. The zero-order valence-electron chi connectivity index (χ0n) is 16.7. The number of imidazole rings is 1. The molecule has 1 aliphatic rings. The number of amides is 1. The van der Waals surface area contributed by atoms with Crippen LogP contribution in [0.3, 0.4) is 0 Å². The standard InChI is InChI=1S/C19H25N7OS2/c1-3-26-15-7-5-4-6-14(15)20-16(26)13-28-19-23-22-18(29-19)21-17(27)12-25-10-8-24(2)9-11-25/h4-7H,3,8-13H2,1-2H3,(H,21,22,27). The quantitative estimate of drug-likeness (QED) is 0.454. The van der Waals surface area contributed by atoms with Crippen LogP contribution in [0.15, 0.2) is 28.6 Å². The molecule has 2 aromatic heterocycles. The number of carbonyl (C=O) groups excluding carboxylic acids is 1. The van der Waals surface area contributed by atoms with Gasteiger partial charge < -0.3 is 9.47 Å². The van der Waals surface area contributed by atoms with E-state index in [1.54, 1.807) is 11.8 Å². The van der Waals surface area contributed by atoms with Crippen LogP contribution in [0, 0.1) is 0 Å². The summed E-state index contributed by atoms with van der Waals surface area (Å²) in [5, 5.41) is 11.8. The summed E-state index contributed by atoms with van der Waals surface area (Å²) >= 11 is 3.00. The van der Waals surface area contributed by atoms with E-state index in [-0.39, 0.29) is 5.91 Å². The third-order valence-electron chi connectivity index (χ3n) is 4.99. The summed E-state index contributed by atoms with van der Waals surface area (Å²) in [4.78, 5) is 21.5. The van der Waals surface area contributed by atoms with Crippen LogP contribution in [0.4, 0.5) is 5.13 Å². The number of fused-ring (bicyclic) bond motifs is 1. The second-order valence-corrected chi connectivity index (χ2v) is 9.25. The number of anilines is 1. The van der Waals surface area contributed by atoms with Crippen molar-refractivity contribution in [3.8, 4) is 0 Å². The molecule has 0 aliphatic carbocycles. The number of para-hydroxylation sites is 2. The molecule has 0 saturated carbocycles. The number of likely N-dealkylation sites (N-methyl/N-ethyl adjacent to an activating group) is 1. The first-order chi connectivity index (χ1) is 14.1. The Kier molecular flexibility index (Phi) is 6.43. The fourth-order valence-electron chi connectivity index (χ4n) is 3.40. The molecule has 1 saturated heterocycles. The Balaban J connectivity index is 1.32. The van der Waals surface area contributed by atoms with Crippen molar-refractivity contribution in [2.75, 3.05) is 45.1 Å². The van der Waals surface area contributed by atoms with Crippen molar-refractivity contribution in [3.63, 3.8) is 0 Å². The highest BCUT2D eigenvalue weighted by molar-refractivity contribution is 8.00. The van der Waals surface area contributed by atoms with Crippen LogP contribution in [0.5, 0.6) is 0 Å². The summed E-state index contributed by atoms with van der Waals surface area (Å²) in [7, 11) is 2.10. The van der Waals surface area contributed by atoms with Gasteiger partial charge in [0.15, 0.2) is 4.34 Å². The fraction of sp³-hybridized carbons (Fsp3) is 0.474. The van der Waals surface area contributed by atoms with E-state index >= 15 is 0 Å². The second kappa shape index (κ2) is 9.21. The molecule has 8 nitrogen and oxygen atoms in total. The first-order valence-electron chi connectivity index (χ1n) is 9.73. The molecule has 1 aromatic carbocycles. The fourth-order valence-corrected chi connectivity index (χ4v) is 5.12. The number of carbonyl (C=O) groups is 1. The van der Waals surface area contributed by atoms with Crippen molar-refractivity contribution >= 4 is 45.2 Å². The molecule has 1 aliphatic heterocycles. The van der Waals surface area contributed by atoms with Crippen LogP contribution in [-0.2, 0) is 17.1 Å². The number of nitrogens with zero attached hydrogens (tertiary/aromatic N) is 6. The maximum absolute atomic E-state index is 12.3. The van der Waals surface area contributed by atoms with E-state index in [1.165, 1.54) is 11.3 Å². The highest BCUT2D eigenvalue weighted by Gasteiger charge is 2.18. The molecule has 1 amide bonds. The molecule has 10 heteroatoms. The van der Waals surface area contributed by atoms with E-state index in [0.29, 0.717) is 17.4 Å². The van der Waals surface area contributed by atoms with Gasteiger partial charge >= 0.3 is 0 Å². The number of aryl methyl sites for hydroxylation is 1. The Bertz CT molecular complexity index is 978. The summed E-state index contributed by atoms with van der Waals surface area (Å²) < 4.78 is 3.05. The van der Waals surface area contributed by atoms with Crippen LogP contribution in [0.2, 0.25) is 0 Å². The normalized spacial score (nSPS) is 15.8. The zero-order valence-corrected chi connectivity index (χ0v) is 18.3. The van der Waals surface area contributed by atoms with Crippen LogP contribution in [-0.4, -0.2) is 75.2 Å². The molecule has 154 valence electrons. The molecular weight excluding hydrogens is 406 g/mol. The minimum absolute atomic E-state index is 0.0324. The predicted octanol–water partition coefficient (Wildman–Crippen LogP) is 2.39.